The highest BCUT2D eigenvalue weighted by molar-refractivity contribution is 5.73. The molecule has 0 aromatic heterocycles. The van der Waals surface area contributed by atoms with Crippen LogP contribution in [0.5, 0.6) is 0 Å². The molecule has 0 bridgehead atoms. The van der Waals surface area contributed by atoms with Crippen LogP contribution in [0.25, 0.3) is 0 Å². The van der Waals surface area contributed by atoms with Crippen LogP contribution in [0.15, 0.2) is 0 Å². The van der Waals surface area contributed by atoms with E-state index in [1.165, 1.54) is 0 Å². The number of hydrogen-bond donors (Lipinski definition) is 3. The van der Waals surface area contributed by atoms with Gasteiger partial charge < -0.3 is 20.5 Å². The normalized spacial score (nSPS) is 25.9. The summed E-state index contributed by atoms with van der Waals surface area (Å²) >= 11 is 0. The van der Waals surface area contributed by atoms with E-state index in [0.29, 0.717) is 19.4 Å². The highest BCUT2D eigenvalue weighted by atomic mass is 16.6. The van der Waals surface area contributed by atoms with Crippen molar-refractivity contribution in [3.05, 3.63) is 0 Å². The van der Waals surface area contributed by atoms with Gasteiger partial charge in [0, 0.05) is 5.54 Å². The third-order valence-electron chi connectivity index (χ3n) is 3.24. The summed E-state index contributed by atoms with van der Waals surface area (Å²) in [7, 11) is 0. The number of carbonyl (C=O) groups excluding carboxylic acids is 1. The number of aliphatic carboxylic acids is 1. The van der Waals surface area contributed by atoms with Crippen LogP contribution in [0.1, 0.15) is 53.9 Å². The molecule has 1 heterocycles. The largest absolute Gasteiger partial charge is 0.481 e. The van der Waals surface area contributed by atoms with Crippen molar-refractivity contribution in [1.29, 1.82) is 0 Å². The first-order chi connectivity index (χ1) is 8.93. The third-order valence-corrected chi connectivity index (χ3v) is 3.24. The minimum Gasteiger partial charge on any atom is -0.481 e. The lowest BCUT2D eigenvalue weighted by molar-refractivity contribution is -0.139. The summed E-state index contributed by atoms with van der Waals surface area (Å²) in [6.07, 6.45) is 0.460. The Morgan fingerprint density at radius 1 is 1.35 bits per heavy atom. The Morgan fingerprint density at radius 3 is 2.40 bits per heavy atom. The summed E-state index contributed by atoms with van der Waals surface area (Å²) in [5.41, 5.74) is -1.58. The molecule has 1 amide bonds. The molecule has 3 N–H and O–H groups in total. The van der Waals surface area contributed by atoms with Gasteiger partial charge in [-0.3, -0.25) is 4.79 Å². The van der Waals surface area contributed by atoms with E-state index in [2.05, 4.69) is 10.6 Å². The first kappa shape index (κ1) is 16.8. The van der Waals surface area contributed by atoms with Crippen LogP contribution in [-0.4, -0.2) is 40.4 Å². The molecule has 1 aliphatic heterocycles. The van der Waals surface area contributed by atoms with E-state index in [1.54, 1.807) is 20.8 Å². The molecular formula is C14H26N2O4. The van der Waals surface area contributed by atoms with E-state index in [9.17, 15) is 9.59 Å². The highest BCUT2D eigenvalue weighted by Gasteiger charge is 2.43. The zero-order valence-corrected chi connectivity index (χ0v) is 13.0. The van der Waals surface area contributed by atoms with Crippen molar-refractivity contribution < 1.29 is 19.4 Å². The number of carbonyl (C=O) groups is 2. The third kappa shape index (κ3) is 5.36. The minimum absolute atomic E-state index is 0.0998. The van der Waals surface area contributed by atoms with Crippen molar-refractivity contribution in [1.82, 2.24) is 10.6 Å². The maximum atomic E-state index is 12.0. The Hall–Kier alpha value is -1.30. The number of ether oxygens (including phenoxy) is 1. The second-order valence-electron chi connectivity index (χ2n) is 7.22. The molecule has 0 saturated carbocycles. The molecule has 0 aromatic rings. The summed E-state index contributed by atoms with van der Waals surface area (Å²) in [6.45, 7) is 10.0. The van der Waals surface area contributed by atoms with Gasteiger partial charge in [-0.25, -0.2) is 4.79 Å². The molecule has 0 aliphatic carbocycles. The maximum Gasteiger partial charge on any atom is 0.408 e. The molecule has 1 rings (SSSR count). The fraction of sp³-hybridized carbons (Fsp3) is 0.857. The van der Waals surface area contributed by atoms with Gasteiger partial charge in [-0.15, -0.1) is 0 Å². The molecule has 1 atom stereocenters. The fourth-order valence-corrected chi connectivity index (χ4v) is 2.75. The lowest BCUT2D eigenvalue weighted by Crippen LogP contribution is -2.62. The van der Waals surface area contributed by atoms with Gasteiger partial charge in [-0.05, 0) is 54.0 Å². The first-order valence-electron chi connectivity index (χ1n) is 6.91. The molecule has 6 heteroatoms. The topological polar surface area (TPSA) is 87.7 Å². The van der Waals surface area contributed by atoms with Gasteiger partial charge in [0.1, 0.15) is 5.60 Å². The molecule has 20 heavy (non-hydrogen) atoms. The number of nitrogens with one attached hydrogen (secondary N) is 2. The predicted molar refractivity (Wildman–Crippen MR) is 75.7 cm³/mol. The molecule has 0 aromatic carbocycles. The van der Waals surface area contributed by atoms with Crippen LogP contribution in [-0.2, 0) is 9.53 Å². The monoisotopic (exact) mass is 286 g/mol. The Morgan fingerprint density at radius 2 is 1.95 bits per heavy atom. The van der Waals surface area contributed by atoms with E-state index in [4.69, 9.17) is 9.84 Å². The minimum atomic E-state index is -0.918. The van der Waals surface area contributed by atoms with Crippen LogP contribution in [0.2, 0.25) is 0 Å². The van der Waals surface area contributed by atoms with Gasteiger partial charge >= 0.3 is 12.1 Å². The second kappa shape index (κ2) is 5.60. The number of alkyl carbamates (subject to hydrolysis) is 1. The average molecular weight is 286 g/mol. The van der Waals surface area contributed by atoms with E-state index in [-0.39, 0.29) is 12.0 Å². The number of carboxylic acid groups (broad SMARTS) is 1. The van der Waals surface area contributed by atoms with Gasteiger partial charge in [-0.1, -0.05) is 0 Å². The van der Waals surface area contributed by atoms with Crippen LogP contribution in [0.3, 0.4) is 0 Å². The number of amides is 1. The molecule has 1 unspecified atom stereocenters. The lowest BCUT2D eigenvalue weighted by atomic mass is 9.76. The fourth-order valence-electron chi connectivity index (χ4n) is 2.75. The van der Waals surface area contributed by atoms with Crippen molar-refractivity contribution in [2.45, 2.75) is 70.6 Å². The second-order valence-corrected chi connectivity index (χ2v) is 7.22. The van der Waals surface area contributed by atoms with Crippen LogP contribution >= 0.6 is 0 Å². The van der Waals surface area contributed by atoms with E-state index in [1.807, 2.05) is 13.8 Å². The number of carboxylic acids is 1. The number of hydrogen-bond acceptors (Lipinski definition) is 4. The van der Waals surface area contributed by atoms with Crippen molar-refractivity contribution >= 4 is 12.1 Å². The SMILES string of the molecule is CC1(C)CC(CC(=O)O)(NC(=O)OC(C)(C)C)CCN1. The molecule has 6 nitrogen and oxygen atoms in total. The van der Waals surface area contributed by atoms with Crippen molar-refractivity contribution in [2.75, 3.05) is 6.54 Å². The smallest absolute Gasteiger partial charge is 0.408 e. The zero-order chi connectivity index (χ0) is 15.6. The molecule has 1 saturated heterocycles. The van der Waals surface area contributed by atoms with Crippen LogP contribution < -0.4 is 10.6 Å². The Kier molecular flexibility index (Phi) is 4.69. The number of rotatable bonds is 3. The quantitative estimate of drug-likeness (QED) is 0.737. The molecule has 1 fully saturated rings. The molecular weight excluding hydrogens is 260 g/mol. The number of piperidine rings is 1. The van der Waals surface area contributed by atoms with Crippen molar-refractivity contribution in [3.63, 3.8) is 0 Å². The summed E-state index contributed by atoms with van der Waals surface area (Å²) < 4.78 is 5.25. The average Bonchev–Trinajstić information content (AvgIpc) is 2.08. The highest BCUT2D eigenvalue weighted by Crippen LogP contribution is 2.31. The van der Waals surface area contributed by atoms with Gasteiger partial charge in [0.25, 0.3) is 0 Å². The lowest BCUT2D eigenvalue weighted by Gasteiger charge is -2.45. The molecule has 116 valence electrons. The predicted octanol–water partition coefficient (Wildman–Crippen LogP) is 1.89. The Balaban J connectivity index is 2.84. The maximum absolute atomic E-state index is 12.0. The summed E-state index contributed by atoms with van der Waals surface area (Å²) in [6, 6.07) is 0. The van der Waals surface area contributed by atoms with Gasteiger partial charge in [-0.2, -0.15) is 0 Å². The zero-order valence-electron chi connectivity index (χ0n) is 13.0. The van der Waals surface area contributed by atoms with Gasteiger partial charge in [0.05, 0.1) is 12.0 Å². The van der Waals surface area contributed by atoms with E-state index >= 15 is 0 Å². The first-order valence-corrected chi connectivity index (χ1v) is 6.91. The Labute approximate surface area is 120 Å². The van der Waals surface area contributed by atoms with Gasteiger partial charge in [0.15, 0.2) is 0 Å². The summed E-state index contributed by atoms with van der Waals surface area (Å²) in [5.74, 6) is -0.918. The summed E-state index contributed by atoms with van der Waals surface area (Å²) in [4.78, 5) is 23.1. The molecule has 0 spiro atoms. The molecule has 0 radical (unpaired) electrons. The van der Waals surface area contributed by atoms with Crippen LogP contribution in [0.4, 0.5) is 4.79 Å². The van der Waals surface area contributed by atoms with Crippen LogP contribution in [0, 0.1) is 0 Å². The van der Waals surface area contributed by atoms with Crippen molar-refractivity contribution in [2.24, 2.45) is 0 Å². The standard InChI is InChI=1S/C14H26N2O4/c1-12(2,3)20-11(19)16-14(8-10(17)18)6-7-15-13(4,5)9-14/h15H,6-9H2,1-5H3,(H,16,19)(H,17,18). The Bertz CT molecular complexity index is 387. The molecule has 1 aliphatic rings. The van der Waals surface area contributed by atoms with E-state index < -0.39 is 23.2 Å². The van der Waals surface area contributed by atoms with E-state index in [0.717, 1.165) is 0 Å². The van der Waals surface area contributed by atoms with Crippen molar-refractivity contribution in [3.8, 4) is 0 Å². The summed E-state index contributed by atoms with van der Waals surface area (Å²) in [5, 5.41) is 15.3. The van der Waals surface area contributed by atoms with Gasteiger partial charge in [0.2, 0.25) is 0 Å².